The number of nitrogens with one attached hydrogen (secondary N) is 2. The van der Waals surface area contributed by atoms with E-state index in [9.17, 15) is 10.1 Å². The highest BCUT2D eigenvalue weighted by molar-refractivity contribution is 5.84. The van der Waals surface area contributed by atoms with E-state index >= 15 is 0 Å². The Kier molecular flexibility index (Phi) is 6.23. The van der Waals surface area contributed by atoms with Crippen molar-refractivity contribution in [1.82, 2.24) is 9.97 Å². The molecule has 0 aliphatic heterocycles. The van der Waals surface area contributed by atoms with Crippen LogP contribution in [0.15, 0.2) is 48.8 Å². The van der Waals surface area contributed by atoms with Crippen LogP contribution in [-0.4, -0.2) is 14.9 Å². The maximum atomic E-state index is 10.7. The minimum Gasteiger partial charge on any atom is -0.398 e. The van der Waals surface area contributed by atoms with E-state index in [1.165, 1.54) is 10.9 Å². The van der Waals surface area contributed by atoms with Gasteiger partial charge in [0.1, 0.15) is 0 Å². The molecule has 27 heavy (non-hydrogen) atoms. The summed E-state index contributed by atoms with van der Waals surface area (Å²) in [5.74, 6) is 0. The van der Waals surface area contributed by atoms with E-state index in [0.29, 0.717) is 6.42 Å². The summed E-state index contributed by atoms with van der Waals surface area (Å²) in [4.78, 5) is 16.5. The van der Waals surface area contributed by atoms with E-state index in [2.05, 4.69) is 29.0 Å². The molecule has 0 aliphatic carbocycles. The van der Waals surface area contributed by atoms with E-state index in [0.717, 1.165) is 34.1 Å². The summed E-state index contributed by atoms with van der Waals surface area (Å²) in [5.41, 5.74) is 10.8. The molecule has 0 radical (unpaired) electrons. The van der Waals surface area contributed by atoms with Crippen LogP contribution in [0.1, 0.15) is 32.4 Å². The highest BCUT2D eigenvalue weighted by Gasteiger charge is 2.13. The number of hydrogen-bond donors (Lipinski definition) is 3. The number of H-pyrrole nitrogens is 2. The third-order valence-electron chi connectivity index (χ3n) is 4.52. The molecule has 0 bridgehead atoms. The van der Waals surface area contributed by atoms with Gasteiger partial charge in [0.05, 0.1) is 10.4 Å². The van der Waals surface area contributed by atoms with Crippen LogP contribution in [0.4, 0.5) is 11.4 Å². The first kappa shape index (κ1) is 20.0. The monoisotopic (exact) mass is 366 g/mol. The summed E-state index contributed by atoms with van der Waals surface area (Å²) < 4.78 is 0. The van der Waals surface area contributed by atoms with Crippen molar-refractivity contribution in [2.24, 2.45) is 0 Å². The summed E-state index contributed by atoms with van der Waals surface area (Å²) in [6.07, 6.45) is 5.39. The number of hydrogen-bond acceptors (Lipinski definition) is 3. The van der Waals surface area contributed by atoms with Gasteiger partial charge in [0.2, 0.25) is 0 Å². The number of nitrogens with zero attached hydrogens (tertiary/aromatic N) is 1. The lowest BCUT2D eigenvalue weighted by molar-refractivity contribution is -0.385. The molecule has 2 aromatic heterocycles. The molecule has 6 nitrogen and oxygen atoms in total. The zero-order chi connectivity index (χ0) is 18.7. The van der Waals surface area contributed by atoms with Gasteiger partial charge in [-0.25, -0.2) is 0 Å². The second-order valence-electron chi connectivity index (χ2n) is 6.13. The molecule has 4 rings (SSSR count). The van der Waals surface area contributed by atoms with Gasteiger partial charge < -0.3 is 15.7 Å². The Labute approximate surface area is 158 Å². The van der Waals surface area contributed by atoms with Gasteiger partial charge in [0, 0.05) is 40.6 Å². The predicted molar refractivity (Wildman–Crippen MR) is 113 cm³/mol. The largest absolute Gasteiger partial charge is 0.398 e. The number of anilines is 1. The fourth-order valence-electron chi connectivity index (χ4n) is 3.06. The van der Waals surface area contributed by atoms with Gasteiger partial charge in [-0.05, 0) is 54.1 Å². The smallest absolute Gasteiger partial charge is 0.274 e. The number of nitro benzene ring substituents is 1. The number of rotatable bonds is 3. The maximum absolute atomic E-state index is 10.7. The molecular weight excluding hydrogens is 340 g/mol. The van der Waals surface area contributed by atoms with Crippen molar-refractivity contribution in [3.63, 3.8) is 0 Å². The van der Waals surface area contributed by atoms with E-state index in [4.69, 9.17) is 5.73 Å². The lowest BCUT2D eigenvalue weighted by atomic mass is 10.1. The molecule has 0 saturated heterocycles. The van der Waals surface area contributed by atoms with Crippen LogP contribution in [0.2, 0.25) is 0 Å². The van der Waals surface area contributed by atoms with Crippen LogP contribution in [-0.2, 0) is 12.8 Å². The lowest BCUT2D eigenvalue weighted by Crippen LogP contribution is -1.93. The molecule has 0 spiro atoms. The zero-order valence-corrected chi connectivity index (χ0v) is 14.9. The second kappa shape index (κ2) is 8.40. The third-order valence-corrected chi connectivity index (χ3v) is 4.52. The Balaban J connectivity index is 0.000000189. The van der Waals surface area contributed by atoms with Gasteiger partial charge in [-0.2, -0.15) is 0 Å². The molecule has 0 saturated carbocycles. The van der Waals surface area contributed by atoms with Gasteiger partial charge >= 0.3 is 0 Å². The van der Waals surface area contributed by atoms with Crippen LogP contribution in [0, 0.1) is 10.1 Å². The normalized spacial score (nSPS) is 10.3. The quantitative estimate of drug-likeness (QED) is 0.250. The Bertz CT molecular complexity index is 1060. The van der Waals surface area contributed by atoms with Crippen molar-refractivity contribution in [3.05, 3.63) is 70.0 Å². The Hall–Kier alpha value is -3.28. The number of nitrogen functional groups attached to an aromatic ring is 1. The number of aromatic amines is 2. The Morgan fingerprint density at radius 3 is 1.96 bits per heavy atom. The summed E-state index contributed by atoms with van der Waals surface area (Å²) >= 11 is 0. The number of fused-ring (bicyclic) bond motifs is 2. The average molecular weight is 366 g/mol. The van der Waals surface area contributed by atoms with E-state index in [1.54, 1.807) is 12.3 Å². The summed E-state index contributed by atoms with van der Waals surface area (Å²) in [7, 11) is 0. The van der Waals surface area contributed by atoms with Crippen molar-refractivity contribution < 1.29 is 4.92 Å². The predicted octanol–water partition coefficient (Wildman–Crippen LogP) is 5.59. The maximum Gasteiger partial charge on any atom is 0.274 e. The summed E-state index contributed by atoms with van der Waals surface area (Å²) in [6, 6.07) is 11.6. The van der Waals surface area contributed by atoms with Crippen molar-refractivity contribution >= 4 is 33.2 Å². The molecule has 142 valence electrons. The zero-order valence-electron chi connectivity index (χ0n) is 14.9. The van der Waals surface area contributed by atoms with Crippen molar-refractivity contribution in [2.75, 3.05) is 5.73 Å². The third kappa shape index (κ3) is 4.11. The van der Waals surface area contributed by atoms with Crippen LogP contribution in [0.3, 0.4) is 0 Å². The summed E-state index contributed by atoms with van der Waals surface area (Å²) in [5, 5.41) is 13.0. The van der Waals surface area contributed by atoms with Crippen molar-refractivity contribution in [2.45, 2.75) is 34.1 Å². The Morgan fingerprint density at radius 2 is 1.44 bits per heavy atom. The van der Waals surface area contributed by atoms with Crippen LogP contribution < -0.4 is 5.73 Å². The molecule has 2 heterocycles. The molecule has 4 N–H and O–H groups in total. The fourth-order valence-corrected chi connectivity index (χ4v) is 3.06. The van der Waals surface area contributed by atoms with E-state index in [-0.39, 0.29) is 18.0 Å². The van der Waals surface area contributed by atoms with Crippen LogP contribution in [0.25, 0.3) is 21.8 Å². The first-order valence-electron chi connectivity index (χ1n) is 8.63. The number of nitro groups is 1. The minimum atomic E-state index is -0.334. The van der Waals surface area contributed by atoms with Crippen molar-refractivity contribution in [1.29, 1.82) is 0 Å². The Morgan fingerprint density at radius 1 is 0.926 bits per heavy atom. The highest BCUT2D eigenvalue weighted by Crippen LogP contribution is 2.25. The molecule has 4 aromatic rings. The van der Waals surface area contributed by atoms with Gasteiger partial charge in [-0.3, -0.25) is 10.1 Å². The molecule has 0 unspecified atom stereocenters. The second-order valence-corrected chi connectivity index (χ2v) is 6.13. The topological polar surface area (TPSA) is 101 Å². The van der Waals surface area contributed by atoms with Crippen LogP contribution in [0.5, 0.6) is 0 Å². The average Bonchev–Trinajstić information content (AvgIpc) is 3.28. The standard InChI is InChI=1S/C10H10N2O2.C10H12N2.CH4/c1-2-7-5-8-3-4-11-9(8)6-10(7)12(13)14;1-2-7-5-8-3-4-12-10(8)6-9(7)11;/h3-6,11H,2H2,1H3;3-6,12H,2,11H2,1H3;1H4. The molecule has 0 aliphatic rings. The summed E-state index contributed by atoms with van der Waals surface area (Å²) in [6.45, 7) is 4.03. The molecular formula is C21H26N4O2. The van der Waals surface area contributed by atoms with E-state index in [1.807, 2.05) is 31.3 Å². The first-order valence-corrected chi connectivity index (χ1v) is 8.63. The van der Waals surface area contributed by atoms with Gasteiger partial charge in [0.15, 0.2) is 0 Å². The number of aryl methyl sites for hydroxylation is 2. The van der Waals surface area contributed by atoms with Crippen molar-refractivity contribution in [3.8, 4) is 0 Å². The lowest BCUT2D eigenvalue weighted by Gasteiger charge is -2.01. The van der Waals surface area contributed by atoms with Crippen LogP contribution >= 0.6 is 0 Å². The molecule has 0 amide bonds. The van der Waals surface area contributed by atoms with Gasteiger partial charge in [-0.1, -0.05) is 21.3 Å². The molecule has 0 atom stereocenters. The van der Waals surface area contributed by atoms with Gasteiger partial charge in [-0.15, -0.1) is 0 Å². The first-order chi connectivity index (χ1) is 12.5. The number of benzene rings is 2. The number of aromatic nitrogens is 2. The molecule has 6 heteroatoms. The SMILES string of the molecule is C.CCc1cc2cc[nH]c2cc1N.CCc1cc2cc[nH]c2cc1[N+](=O)[O-]. The molecule has 0 fully saturated rings. The van der Waals surface area contributed by atoms with Gasteiger partial charge in [0.25, 0.3) is 5.69 Å². The molecule has 2 aromatic carbocycles. The highest BCUT2D eigenvalue weighted by atomic mass is 16.6. The number of nitrogens with two attached hydrogens (primary N) is 1. The van der Waals surface area contributed by atoms with E-state index < -0.39 is 0 Å². The fraction of sp³-hybridized carbons (Fsp3) is 0.238. The minimum absolute atomic E-state index is 0.